The number of nitrogens with zero attached hydrogens (tertiary/aromatic N) is 3. The van der Waals surface area contributed by atoms with Crippen LogP contribution >= 0.6 is 0 Å². The third-order valence-electron chi connectivity index (χ3n) is 4.69. The summed E-state index contributed by atoms with van der Waals surface area (Å²) in [6.45, 7) is 1.52. The Kier molecular flexibility index (Phi) is 4.63. The lowest BCUT2D eigenvalue weighted by atomic mass is 10.1. The van der Waals surface area contributed by atoms with Crippen LogP contribution in [0.3, 0.4) is 0 Å². The molecule has 1 unspecified atom stereocenters. The van der Waals surface area contributed by atoms with Crippen molar-refractivity contribution in [3.63, 3.8) is 0 Å². The van der Waals surface area contributed by atoms with E-state index in [9.17, 15) is 5.11 Å². The van der Waals surface area contributed by atoms with Gasteiger partial charge in [0.15, 0.2) is 5.76 Å². The van der Waals surface area contributed by atoms with E-state index in [4.69, 9.17) is 8.94 Å². The van der Waals surface area contributed by atoms with Gasteiger partial charge in [-0.3, -0.25) is 4.90 Å². The molecule has 2 aromatic heterocycles. The molecule has 6 heteroatoms. The third kappa shape index (κ3) is 3.36. The molecule has 0 saturated heterocycles. The molecule has 2 heterocycles. The average molecular weight is 339 g/mol. The second kappa shape index (κ2) is 7.21. The van der Waals surface area contributed by atoms with E-state index in [0.717, 1.165) is 25.8 Å². The molecule has 0 aliphatic heterocycles. The summed E-state index contributed by atoms with van der Waals surface area (Å²) < 4.78 is 10.7. The molecular weight excluding hydrogens is 318 g/mol. The van der Waals surface area contributed by atoms with Crippen LogP contribution in [0.4, 0.5) is 0 Å². The minimum atomic E-state index is 0.173. The smallest absolute Gasteiger partial charge is 0.241 e. The van der Waals surface area contributed by atoms with Gasteiger partial charge in [0.25, 0.3) is 0 Å². The van der Waals surface area contributed by atoms with Crippen LogP contribution in [0, 0.1) is 0 Å². The number of hydrogen-bond donors (Lipinski definition) is 1. The van der Waals surface area contributed by atoms with Gasteiger partial charge in [-0.25, -0.2) is 0 Å². The summed E-state index contributed by atoms with van der Waals surface area (Å²) >= 11 is 0. The molecule has 6 nitrogen and oxygen atoms in total. The SMILES string of the molecule is OCCCN(Cc1nc(-c2ccco2)no1)C1CCc2ccccc21. The maximum Gasteiger partial charge on any atom is 0.241 e. The van der Waals surface area contributed by atoms with Crippen molar-refractivity contribution in [3.05, 3.63) is 59.7 Å². The van der Waals surface area contributed by atoms with Crippen molar-refractivity contribution in [3.8, 4) is 11.6 Å². The number of rotatable bonds is 7. The van der Waals surface area contributed by atoms with Crippen LogP contribution in [0.1, 0.15) is 35.9 Å². The topological polar surface area (TPSA) is 75.5 Å². The molecule has 1 aromatic carbocycles. The van der Waals surface area contributed by atoms with Gasteiger partial charge in [-0.1, -0.05) is 29.4 Å². The third-order valence-corrected chi connectivity index (χ3v) is 4.69. The Morgan fingerprint density at radius 1 is 1.20 bits per heavy atom. The number of furan rings is 1. The lowest BCUT2D eigenvalue weighted by molar-refractivity contribution is 0.148. The predicted molar refractivity (Wildman–Crippen MR) is 91.6 cm³/mol. The first-order chi connectivity index (χ1) is 12.3. The molecule has 0 radical (unpaired) electrons. The summed E-state index contributed by atoms with van der Waals surface area (Å²) in [6.07, 6.45) is 4.47. The van der Waals surface area contributed by atoms with E-state index in [1.165, 1.54) is 11.1 Å². The van der Waals surface area contributed by atoms with Crippen molar-refractivity contribution in [2.24, 2.45) is 0 Å². The zero-order valence-corrected chi connectivity index (χ0v) is 14.0. The number of aryl methyl sites for hydroxylation is 1. The van der Waals surface area contributed by atoms with Crippen LogP contribution in [0.5, 0.6) is 0 Å². The van der Waals surface area contributed by atoms with Crippen LogP contribution in [0.2, 0.25) is 0 Å². The summed E-state index contributed by atoms with van der Waals surface area (Å²) in [5.41, 5.74) is 2.77. The summed E-state index contributed by atoms with van der Waals surface area (Å²) in [5.74, 6) is 1.63. The molecule has 0 amide bonds. The van der Waals surface area contributed by atoms with Gasteiger partial charge < -0.3 is 14.0 Å². The molecule has 0 spiro atoms. The van der Waals surface area contributed by atoms with Crippen molar-refractivity contribution < 1.29 is 14.0 Å². The highest BCUT2D eigenvalue weighted by Crippen LogP contribution is 2.36. The van der Waals surface area contributed by atoms with Crippen molar-refractivity contribution >= 4 is 0 Å². The quantitative estimate of drug-likeness (QED) is 0.712. The molecule has 1 atom stereocenters. The molecule has 1 N–H and O–H groups in total. The van der Waals surface area contributed by atoms with Gasteiger partial charge in [-0.05, 0) is 42.5 Å². The average Bonchev–Trinajstić information content (AvgIpc) is 3.38. The predicted octanol–water partition coefficient (Wildman–Crippen LogP) is 3.20. The van der Waals surface area contributed by atoms with Crippen molar-refractivity contribution in [2.45, 2.75) is 31.8 Å². The molecule has 130 valence electrons. The Bertz CT molecular complexity index is 813. The fourth-order valence-corrected chi connectivity index (χ4v) is 3.53. The van der Waals surface area contributed by atoms with Gasteiger partial charge in [0.1, 0.15) is 0 Å². The number of benzene rings is 1. The normalized spacial score (nSPS) is 16.5. The van der Waals surface area contributed by atoms with Crippen LogP contribution in [0.25, 0.3) is 11.6 Å². The summed E-state index contributed by atoms with van der Waals surface area (Å²) in [5, 5.41) is 13.3. The molecule has 25 heavy (non-hydrogen) atoms. The monoisotopic (exact) mass is 339 g/mol. The van der Waals surface area contributed by atoms with E-state index in [1.54, 1.807) is 12.3 Å². The van der Waals surface area contributed by atoms with E-state index >= 15 is 0 Å². The number of aromatic nitrogens is 2. The number of fused-ring (bicyclic) bond motifs is 1. The van der Waals surface area contributed by atoms with Crippen LogP contribution in [0.15, 0.2) is 51.6 Å². The van der Waals surface area contributed by atoms with E-state index in [2.05, 4.69) is 39.3 Å². The molecule has 0 bridgehead atoms. The van der Waals surface area contributed by atoms with Crippen LogP contribution < -0.4 is 0 Å². The lowest BCUT2D eigenvalue weighted by Crippen LogP contribution is -2.29. The minimum absolute atomic E-state index is 0.173. The van der Waals surface area contributed by atoms with Gasteiger partial charge in [-0.2, -0.15) is 4.98 Å². The van der Waals surface area contributed by atoms with Gasteiger partial charge in [0, 0.05) is 19.2 Å². The lowest BCUT2D eigenvalue weighted by Gasteiger charge is -2.28. The molecular formula is C19H21N3O3. The highest BCUT2D eigenvalue weighted by molar-refractivity contribution is 5.44. The van der Waals surface area contributed by atoms with E-state index in [-0.39, 0.29) is 6.61 Å². The molecule has 1 aliphatic rings. The maximum absolute atomic E-state index is 9.26. The molecule has 0 fully saturated rings. The molecule has 1 aliphatic carbocycles. The summed E-state index contributed by atoms with van der Waals surface area (Å²) in [6, 6.07) is 12.5. The molecule has 0 saturated carbocycles. The number of hydrogen-bond acceptors (Lipinski definition) is 6. The first kappa shape index (κ1) is 16.1. The van der Waals surface area contributed by atoms with Crippen LogP contribution in [-0.2, 0) is 13.0 Å². The van der Waals surface area contributed by atoms with Crippen LogP contribution in [-0.4, -0.2) is 33.3 Å². The Morgan fingerprint density at radius 2 is 2.12 bits per heavy atom. The van der Waals surface area contributed by atoms with E-state index < -0.39 is 0 Å². The standard InChI is InChI=1S/C19H21N3O3/c23-11-4-10-22(16-9-8-14-5-1-2-6-15(14)16)13-18-20-19(21-25-18)17-7-3-12-24-17/h1-3,5-7,12,16,23H,4,8-11,13H2. The molecule has 3 aromatic rings. The highest BCUT2D eigenvalue weighted by atomic mass is 16.5. The Balaban J connectivity index is 1.54. The fourth-order valence-electron chi connectivity index (χ4n) is 3.53. The second-order valence-electron chi connectivity index (χ2n) is 6.29. The van der Waals surface area contributed by atoms with Crippen molar-refractivity contribution in [2.75, 3.05) is 13.2 Å². The van der Waals surface area contributed by atoms with Gasteiger partial charge in [-0.15, -0.1) is 0 Å². The Labute approximate surface area is 146 Å². The highest BCUT2D eigenvalue weighted by Gasteiger charge is 2.28. The van der Waals surface area contributed by atoms with Gasteiger partial charge in [0.2, 0.25) is 11.7 Å². The largest absolute Gasteiger partial charge is 0.461 e. The summed E-state index contributed by atoms with van der Waals surface area (Å²) in [7, 11) is 0. The zero-order chi connectivity index (χ0) is 17.1. The van der Waals surface area contributed by atoms with Crippen molar-refractivity contribution in [1.29, 1.82) is 0 Å². The first-order valence-electron chi connectivity index (χ1n) is 8.64. The fraction of sp³-hybridized carbons (Fsp3) is 0.368. The Morgan fingerprint density at radius 3 is 2.96 bits per heavy atom. The van der Waals surface area contributed by atoms with E-state index in [0.29, 0.717) is 30.1 Å². The maximum atomic E-state index is 9.26. The Hall–Kier alpha value is -2.44. The number of aliphatic hydroxyl groups is 1. The van der Waals surface area contributed by atoms with Gasteiger partial charge in [0.05, 0.1) is 12.8 Å². The number of aliphatic hydroxyl groups excluding tert-OH is 1. The molecule has 4 rings (SSSR count). The second-order valence-corrected chi connectivity index (χ2v) is 6.29. The van der Waals surface area contributed by atoms with Gasteiger partial charge >= 0.3 is 0 Å². The summed E-state index contributed by atoms with van der Waals surface area (Å²) in [4.78, 5) is 6.77. The minimum Gasteiger partial charge on any atom is -0.461 e. The first-order valence-corrected chi connectivity index (χ1v) is 8.64. The van der Waals surface area contributed by atoms with E-state index in [1.807, 2.05) is 6.07 Å². The zero-order valence-electron chi connectivity index (χ0n) is 14.0. The van der Waals surface area contributed by atoms with Crippen molar-refractivity contribution in [1.82, 2.24) is 15.0 Å².